The Labute approximate surface area is 106 Å². The van der Waals surface area contributed by atoms with Gasteiger partial charge in [0, 0.05) is 6.07 Å². The molecule has 0 nitrogen and oxygen atoms in total. The van der Waals surface area contributed by atoms with Gasteiger partial charge in [-0.15, -0.1) is 0 Å². The van der Waals surface area contributed by atoms with E-state index in [4.69, 9.17) is 0 Å². The van der Waals surface area contributed by atoms with Crippen molar-refractivity contribution >= 4 is 0 Å². The van der Waals surface area contributed by atoms with Gasteiger partial charge < -0.3 is 0 Å². The van der Waals surface area contributed by atoms with Crippen LogP contribution in [0.4, 0.5) is 8.78 Å². The minimum Gasteiger partial charge on any atom is -0.207 e. The highest BCUT2D eigenvalue weighted by Crippen LogP contribution is 2.26. The average Bonchev–Trinajstić information content (AvgIpc) is 2.27. The monoisotopic (exact) mass is 246 g/mol. The molecule has 0 spiro atoms. The van der Waals surface area contributed by atoms with Crippen molar-refractivity contribution in [3.05, 3.63) is 59.7 Å². The molecule has 0 atom stereocenters. The van der Waals surface area contributed by atoms with Gasteiger partial charge in [0.1, 0.15) is 11.6 Å². The van der Waals surface area contributed by atoms with E-state index in [2.05, 4.69) is 20.8 Å². The largest absolute Gasteiger partial charge is 0.207 e. The second-order valence-corrected chi connectivity index (χ2v) is 5.49. The van der Waals surface area contributed by atoms with Crippen molar-refractivity contribution in [2.24, 2.45) is 0 Å². The van der Waals surface area contributed by atoms with Crippen LogP contribution < -0.4 is 0 Å². The van der Waals surface area contributed by atoms with Gasteiger partial charge in [-0.25, -0.2) is 8.78 Å². The quantitative estimate of drug-likeness (QED) is 0.669. The SMILES string of the molecule is CC(C)(C)c1ccc(-c2cc(F)cc(F)c2)cc1. The Morgan fingerprint density at radius 1 is 0.722 bits per heavy atom. The lowest BCUT2D eigenvalue weighted by atomic mass is 9.86. The molecule has 0 fully saturated rings. The highest BCUT2D eigenvalue weighted by Gasteiger charge is 2.13. The molecule has 94 valence electrons. The van der Waals surface area contributed by atoms with E-state index in [-0.39, 0.29) is 5.41 Å². The molecule has 2 rings (SSSR count). The first kappa shape index (κ1) is 12.7. The molecule has 2 heteroatoms. The Morgan fingerprint density at radius 3 is 1.67 bits per heavy atom. The van der Waals surface area contributed by atoms with Crippen LogP contribution in [0, 0.1) is 11.6 Å². The third kappa shape index (κ3) is 2.76. The molecule has 0 N–H and O–H groups in total. The van der Waals surface area contributed by atoms with E-state index >= 15 is 0 Å². The topological polar surface area (TPSA) is 0 Å². The molecule has 0 aromatic heterocycles. The van der Waals surface area contributed by atoms with Crippen LogP contribution >= 0.6 is 0 Å². The fourth-order valence-corrected chi connectivity index (χ4v) is 1.88. The summed E-state index contributed by atoms with van der Waals surface area (Å²) in [6.07, 6.45) is 0. The molecule has 0 amide bonds. The van der Waals surface area contributed by atoms with Crippen molar-refractivity contribution in [1.82, 2.24) is 0 Å². The zero-order valence-corrected chi connectivity index (χ0v) is 10.8. The lowest BCUT2D eigenvalue weighted by Crippen LogP contribution is -2.10. The Kier molecular flexibility index (Phi) is 3.20. The van der Waals surface area contributed by atoms with Gasteiger partial charge in [-0.05, 0) is 34.2 Å². The maximum atomic E-state index is 13.1. The van der Waals surface area contributed by atoms with Gasteiger partial charge in [-0.1, -0.05) is 45.0 Å². The molecule has 0 aliphatic heterocycles. The molecule has 0 saturated carbocycles. The minimum atomic E-state index is -0.551. The lowest BCUT2D eigenvalue weighted by Gasteiger charge is -2.19. The van der Waals surface area contributed by atoms with Gasteiger partial charge in [0.15, 0.2) is 0 Å². The van der Waals surface area contributed by atoms with Crippen molar-refractivity contribution in [3.63, 3.8) is 0 Å². The van der Waals surface area contributed by atoms with Gasteiger partial charge in [0.25, 0.3) is 0 Å². The van der Waals surface area contributed by atoms with E-state index in [0.717, 1.165) is 11.6 Å². The highest BCUT2D eigenvalue weighted by atomic mass is 19.1. The highest BCUT2D eigenvalue weighted by molar-refractivity contribution is 5.64. The number of rotatable bonds is 1. The molecule has 0 aliphatic carbocycles. The van der Waals surface area contributed by atoms with Crippen LogP contribution in [0.25, 0.3) is 11.1 Å². The van der Waals surface area contributed by atoms with Gasteiger partial charge >= 0.3 is 0 Å². The number of hydrogen-bond acceptors (Lipinski definition) is 0. The van der Waals surface area contributed by atoms with Crippen molar-refractivity contribution in [2.75, 3.05) is 0 Å². The van der Waals surface area contributed by atoms with Crippen molar-refractivity contribution < 1.29 is 8.78 Å². The van der Waals surface area contributed by atoms with E-state index in [1.807, 2.05) is 24.3 Å². The van der Waals surface area contributed by atoms with Crippen molar-refractivity contribution in [3.8, 4) is 11.1 Å². The second kappa shape index (κ2) is 4.52. The molecule has 0 saturated heterocycles. The van der Waals surface area contributed by atoms with Gasteiger partial charge in [-0.2, -0.15) is 0 Å². The zero-order valence-electron chi connectivity index (χ0n) is 10.8. The summed E-state index contributed by atoms with van der Waals surface area (Å²) < 4.78 is 26.3. The molecule has 0 aliphatic rings. The van der Waals surface area contributed by atoms with Crippen LogP contribution in [0.15, 0.2) is 42.5 Å². The standard InChI is InChI=1S/C16H16F2/c1-16(2,3)13-6-4-11(5-7-13)12-8-14(17)10-15(18)9-12/h4-10H,1-3H3. The third-order valence-corrected chi connectivity index (χ3v) is 2.95. The number of benzene rings is 2. The third-order valence-electron chi connectivity index (χ3n) is 2.95. The maximum absolute atomic E-state index is 13.1. The normalized spacial score (nSPS) is 11.6. The van der Waals surface area contributed by atoms with Crippen molar-refractivity contribution in [1.29, 1.82) is 0 Å². The van der Waals surface area contributed by atoms with E-state index in [1.54, 1.807) is 0 Å². The first-order valence-electron chi connectivity index (χ1n) is 5.93. The summed E-state index contributed by atoms with van der Waals surface area (Å²) in [6, 6.07) is 11.4. The minimum absolute atomic E-state index is 0.0751. The molecule has 0 heterocycles. The van der Waals surface area contributed by atoms with Gasteiger partial charge in [0.05, 0.1) is 0 Å². The van der Waals surface area contributed by atoms with Crippen LogP contribution in [-0.2, 0) is 5.41 Å². The summed E-state index contributed by atoms with van der Waals surface area (Å²) in [5.41, 5.74) is 2.66. The second-order valence-electron chi connectivity index (χ2n) is 5.49. The molecule has 0 radical (unpaired) electrons. The van der Waals surface area contributed by atoms with Crippen LogP contribution in [0.2, 0.25) is 0 Å². The van der Waals surface area contributed by atoms with E-state index in [9.17, 15) is 8.78 Å². The Morgan fingerprint density at radius 2 is 1.22 bits per heavy atom. The lowest BCUT2D eigenvalue weighted by molar-refractivity contribution is 0.584. The fraction of sp³-hybridized carbons (Fsp3) is 0.250. The molecule has 2 aromatic rings. The predicted octanol–water partition coefficient (Wildman–Crippen LogP) is 4.93. The average molecular weight is 246 g/mol. The van der Waals surface area contributed by atoms with E-state index in [0.29, 0.717) is 5.56 Å². The van der Waals surface area contributed by atoms with Gasteiger partial charge in [0.2, 0.25) is 0 Å². The molecule has 0 unspecified atom stereocenters. The summed E-state index contributed by atoms with van der Waals surface area (Å²) >= 11 is 0. The van der Waals surface area contributed by atoms with Crippen LogP contribution in [0.5, 0.6) is 0 Å². The fourth-order valence-electron chi connectivity index (χ4n) is 1.88. The number of hydrogen-bond donors (Lipinski definition) is 0. The predicted molar refractivity (Wildman–Crippen MR) is 70.5 cm³/mol. The van der Waals surface area contributed by atoms with Gasteiger partial charge in [-0.3, -0.25) is 0 Å². The summed E-state index contributed by atoms with van der Waals surface area (Å²) in [6.45, 7) is 6.39. The summed E-state index contributed by atoms with van der Waals surface area (Å²) in [5, 5.41) is 0. The first-order valence-corrected chi connectivity index (χ1v) is 5.93. The van der Waals surface area contributed by atoms with Crippen LogP contribution in [0.3, 0.4) is 0 Å². The Balaban J connectivity index is 2.40. The Hall–Kier alpha value is -1.70. The molecule has 18 heavy (non-hydrogen) atoms. The molecule has 2 aromatic carbocycles. The number of halogens is 2. The summed E-state index contributed by atoms with van der Waals surface area (Å²) in [4.78, 5) is 0. The molecular formula is C16H16F2. The maximum Gasteiger partial charge on any atom is 0.126 e. The molecular weight excluding hydrogens is 230 g/mol. The van der Waals surface area contributed by atoms with Crippen LogP contribution in [-0.4, -0.2) is 0 Å². The molecule has 0 bridgehead atoms. The van der Waals surface area contributed by atoms with Crippen molar-refractivity contribution in [2.45, 2.75) is 26.2 Å². The Bertz CT molecular complexity index is 528. The van der Waals surface area contributed by atoms with Crippen LogP contribution in [0.1, 0.15) is 26.3 Å². The summed E-state index contributed by atoms with van der Waals surface area (Å²) in [7, 11) is 0. The zero-order chi connectivity index (χ0) is 13.3. The van der Waals surface area contributed by atoms with E-state index < -0.39 is 11.6 Å². The van der Waals surface area contributed by atoms with E-state index in [1.165, 1.54) is 17.7 Å². The smallest absolute Gasteiger partial charge is 0.126 e. The first-order chi connectivity index (χ1) is 8.36. The summed E-state index contributed by atoms with van der Waals surface area (Å²) in [5.74, 6) is -1.10.